The smallest absolute Gasteiger partial charge is 0.329 e. The maximum atomic E-state index is 12.9. The average molecular weight is 444 g/mol. The number of hydrogen-bond acceptors (Lipinski definition) is 4. The van der Waals surface area contributed by atoms with Crippen LogP contribution in [0.25, 0.3) is 0 Å². The van der Waals surface area contributed by atoms with Crippen LogP contribution in [0.3, 0.4) is 0 Å². The molecule has 2 N–H and O–H groups in total. The lowest BCUT2D eigenvalue weighted by molar-refractivity contribution is -0.146. The number of hydrogen-bond donors (Lipinski definition) is 2. The number of benzene rings is 2. The van der Waals surface area contributed by atoms with Crippen LogP contribution in [0.2, 0.25) is 0 Å². The van der Waals surface area contributed by atoms with Gasteiger partial charge in [-0.1, -0.05) is 29.8 Å². The van der Waals surface area contributed by atoms with Gasteiger partial charge in [0.05, 0.1) is 20.4 Å². The maximum Gasteiger partial charge on any atom is 0.329 e. The SMILES string of the molecule is COc1ccc(C(=O)NC2(C(=O)O)CCC(CF)CC2)cc1OCCc1cccc(C)c1. The van der Waals surface area contributed by atoms with Crippen LogP contribution >= 0.6 is 0 Å². The molecular weight excluding hydrogens is 413 g/mol. The predicted octanol–water partition coefficient (Wildman–Crippen LogP) is 4.34. The fraction of sp³-hybridized carbons (Fsp3) is 0.440. The van der Waals surface area contributed by atoms with Gasteiger partial charge < -0.3 is 19.9 Å². The van der Waals surface area contributed by atoms with Crippen molar-refractivity contribution in [2.75, 3.05) is 20.4 Å². The summed E-state index contributed by atoms with van der Waals surface area (Å²) in [5.74, 6) is -0.835. The van der Waals surface area contributed by atoms with Crippen LogP contribution in [0.4, 0.5) is 4.39 Å². The lowest BCUT2D eigenvalue weighted by Gasteiger charge is -2.36. The molecule has 0 bridgehead atoms. The van der Waals surface area contributed by atoms with Crippen molar-refractivity contribution in [2.24, 2.45) is 5.92 Å². The quantitative estimate of drug-likeness (QED) is 0.602. The van der Waals surface area contributed by atoms with Gasteiger partial charge >= 0.3 is 5.97 Å². The van der Waals surface area contributed by atoms with Crippen molar-refractivity contribution in [3.8, 4) is 11.5 Å². The number of aliphatic carboxylic acids is 1. The van der Waals surface area contributed by atoms with Crippen molar-refractivity contribution in [3.05, 3.63) is 59.2 Å². The van der Waals surface area contributed by atoms with Gasteiger partial charge in [0.1, 0.15) is 5.54 Å². The molecule has 0 heterocycles. The van der Waals surface area contributed by atoms with E-state index in [1.807, 2.05) is 25.1 Å². The fourth-order valence-electron chi connectivity index (χ4n) is 4.08. The van der Waals surface area contributed by atoms with Gasteiger partial charge in [-0.3, -0.25) is 9.18 Å². The molecule has 0 spiro atoms. The Balaban J connectivity index is 1.70. The summed E-state index contributed by atoms with van der Waals surface area (Å²) in [6.45, 7) is 1.96. The molecule has 0 radical (unpaired) electrons. The molecule has 3 rings (SSSR count). The van der Waals surface area contributed by atoms with Gasteiger partial charge in [0.15, 0.2) is 11.5 Å². The van der Waals surface area contributed by atoms with E-state index in [4.69, 9.17) is 9.47 Å². The third kappa shape index (κ3) is 5.58. The Morgan fingerprint density at radius 3 is 2.53 bits per heavy atom. The standard InChI is InChI=1S/C25H30FNO5/c1-17-4-3-5-18(14-17)10-13-32-22-15-20(6-7-21(22)31-2)23(28)27-25(24(29)30)11-8-19(16-26)9-12-25/h3-7,14-15,19H,8-13,16H2,1-2H3,(H,27,28)(H,29,30). The van der Waals surface area contributed by atoms with Crippen LogP contribution in [0.15, 0.2) is 42.5 Å². The minimum Gasteiger partial charge on any atom is -0.493 e. The van der Waals surface area contributed by atoms with Crippen molar-refractivity contribution < 1.29 is 28.6 Å². The largest absolute Gasteiger partial charge is 0.493 e. The van der Waals surface area contributed by atoms with Gasteiger partial charge in [0, 0.05) is 12.0 Å². The number of rotatable bonds is 9. The first-order valence-electron chi connectivity index (χ1n) is 10.8. The predicted molar refractivity (Wildman–Crippen MR) is 119 cm³/mol. The molecule has 2 aromatic carbocycles. The fourth-order valence-corrected chi connectivity index (χ4v) is 4.08. The Morgan fingerprint density at radius 1 is 1.16 bits per heavy atom. The molecule has 1 saturated carbocycles. The molecule has 1 fully saturated rings. The van der Waals surface area contributed by atoms with Crippen LogP contribution in [-0.2, 0) is 11.2 Å². The van der Waals surface area contributed by atoms with E-state index in [9.17, 15) is 19.1 Å². The maximum absolute atomic E-state index is 12.9. The van der Waals surface area contributed by atoms with E-state index in [1.54, 1.807) is 18.2 Å². The van der Waals surface area contributed by atoms with Crippen molar-refractivity contribution >= 4 is 11.9 Å². The molecule has 6 nitrogen and oxygen atoms in total. The molecule has 1 amide bonds. The monoisotopic (exact) mass is 443 g/mol. The summed E-state index contributed by atoms with van der Waals surface area (Å²) in [7, 11) is 1.52. The van der Waals surface area contributed by atoms with Gasteiger partial charge in [-0.15, -0.1) is 0 Å². The number of carboxylic acid groups (broad SMARTS) is 1. The molecule has 0 unspecified atom stereocenters. The van der Waals surface area contributed by atoms with Crippen LogP contribution in [-0.4, -0.2) is 42.9 Å². The highest BCUT2D eigenvalue weighted by Gasteiger charge is 2.43. The second kappa shape index (κ2) is 10.5. The molecule has 0 aliphatic heterocycles. The number of aryl methyl sites for hydroxylation is 1. The first-order valence-corrected chi connectivity index (χ1v) is 10.8. The van der Waals surface area contributed by atoms with Crippen LogP contribution in [0, 0.1) is 12.8 Å². The number of ether oxygens (including phenoxy) is 2. The van der Waals surface area contributed by atoms with Gasteiger partial charge in [0.2, 0.25) is 0 Å². The lowest BCUT2D eigenvalue weighted by atomic mass is 9.76. The summed E-state index contributed by atoms with van der Waals surface area (Å²) in [6.07, 6.45) is 1.97. The zero-order valence-corrected chi connectivity index (χ0v) is 18.5. The number of amides is 1. The molecule has 0 aromatic heterocycles. The highest BCUT2D eigenvalue weighted by Crippen LogP contribution is 2.34. The van der Waals surface area contributed by atoms with E-state index in [0.29, 0.717) is 37.4 Å². The van der Waals surface area contributed by atoms with Crippen LogP contribution in [0.5, 0.6) is 11.5 Å². The van der Waals surface area contributed by atoms with E-state index in [1.165, 1.54) is 12.7 Å². The number of carbonyl (C=O) groups excluding carboxylic acids is 1. The third-order valence-electron chi connectivity index (χ3n) is 6.10. The topological polar surface area (TPSA) is 84.9 Å². The first kappa shape index (κ1) is 23.6. The molecular formula is C25H30FNO5. The minimum atomic E-state index is -1.38. The summed E-state index contributed by atoms with van der Waals surface area (Å²) < 4.78 is 24.2. The summed E-state index contributed by atoms with van der Waals surface area (Å²) in [5, 5.41) is 12.5. The highest BCUT2D eigenvalue weighted by molar-refractivity contribution is 5.98. The third-order valence-corrected chi connectivity index (χ3v) is 6.10. The second-order valence-electron chi connectivity index (χ2n) is 8.39. The molecule has 1 aliphatic carbocycles. The number of alkyl halides is 1. The molecule has 32 heavy (non-hydrogen) atoms. The lowest BCUT2D eigenvalue weighted by Crippen LogP contribution is -2.56. The Hall–Kier alpha value is -3.09. The number of methoxy groups -OCH3 is 1. The summed E-state index contributed by atoms with van der Waals surface area (Å²) >= 11 is 0. The van der Waals surface area contributed by atoms with Crippen molar-refractivity contribution in [3.63, 3.8) is 0 Å². The van der Waals surface area contributed by atoms with E-state index in [-0.39, 0.29) is 24.3 Å². The number of halogens is 1. The van der Waals surface area contributed by atoms with E-state index in [0.717, 1.165) is 5.56 Å². The van der Waals surface area contributed by atoms with Gasteiger partial charge in [-0.2, -0.15) is 0 Å². The van der Waals surface area contributed by atoms with Crippen LogP contribution < -0.4 is 14.8 Å². The zero-order valence-electron chi connectivity index (χ0n) is 18.5. The minimum absolute atomic E-state index is 0.145. The molecule has 7 heteroatoms. The van der Waals surface area contributed by atoms with Gasteiger partial charge in [-0.25, -0.2) is 4.79 Å². The Morgan fingerprint density at radius 2 is 1.91 bits per heavy atom. The Labute approximate surface area is 187 Å². The van der Waals surface area contributed by atoms with E-state index >= 15 is 0 Å². The summed E-state index contributed by atoms with van der Waals surface area (Å²) in [4.78, 5) is 24.9. The van der Waals surface area contributed by atoms with Gasteiger partial charge in [0.25, 0.3) is 5.91 Å². The zero-order chi connectivity index (χ0) is 23.1. The number of carboxylic acids is 1. The van der Waals surface area contributed by atoms with Crippen molar-refractivity contribution in [1.82, 2.24) is 5.32 Å². The second-order valence-corrected chi connectivity index (χ2v) is 8.39. The average Bonchev–Trinajstić information content (AvgIpc) is 2.79. The van der Waals surface area contributed by atoms with Crippen molar-refractivity contribution in [2.45, 2.75) is 44.6 Å². The highest BCUT2D eigenvalue weighted by atomic mass is 19.1. The van der Waals surface area contributed by atoms with Gasteiger partial charge in [-0.05, 0) is 62.3 Å². The molecule has 172 valence electrons. The van der Waals surface area contributed by atoms with Crippen molar-refractivity contribution in [1.29, 1.82) is 0 Å². The Bertz CT molecular complexity index is 953. The number of nitrogens with one attached hydrogen (secondary N) is 1. The molecule has 1 aliphatic rings. The summed E-state index contributed by atoms with van der Waals surface area (Å²) in [5.41, 5.74) is 1.22. The molecule has 0 atom stereocenters. The molecule has 2 aromatic rings. The normalized spacial score (nSPS) is 20.4. The van der Waals surface area contributed by atoms with E-state index < -0.39 is 24.1 Å². The van der Waals surface area contributed by atoms with E-state index in [2.05, 4.69) is 11.4 Å². The summed E-state index contributed by atoms with van der Waals surface area (Å²) in [6, 6.07) is 12.9. The first-order chi connectivity index (χ1) is 15.4. The number of carbonyl (C=O) groups is 2. The molecule has 0 saturated heterocycles. The van der Waals surface area contributed by atoms with Crippen LogP contribution in [0.1, 0.15) is 47.2 Å². The Kier molecular flexibility index (Phi) is 7.72.